The molecule has 0 aromatic rings. The number of likely N-dealkylation sites (N-methyl/N-ethyl adjacent to an activating group) is 1. The third kappa shape index (κ3) is 2.65. The van der Waals surface area contributed by atoms with Gasteiger partial charge in [-0.1, -0.05) is 0 Å². The average molecular weight is 182 g/mol. The van der Waals surface area contributed by atoms with Gasteiger partial charge in [0.15, 0.2) is 0 Å². The summed E-state index contributed by atoms with van der Waals surface area (Å²) in [5, 5.41) is 8.59. The summed E-state index contributed by atoms with van der Waals surface area (Å²) in [6.45, 7) is 1.66. The molecule has 4 nitrogen and oxygen atoms in total. The van der Waals surface area contributed by atoms with Gasteiger partial charge in [-0.05, 0) is 7.05 Å². The van der Waals surface area contributed by atoms with E-state index in [1.54, 1.807) is 11.9 Å². The summed E-state index contributed by atoms with van der Waals surface area (Å²) in [6, 6.07) is -0.450. The molecule has 1 aliphatic rings. The molecular formula is C6H12ClNO3. The highest BCUT2D eigenvalue weighted by atomic mass is 35.5. The molecule has 0 aliphatic carbocycles. The van der Waals surface area contributed by atoms with E-state index in [9.17, 15) is 4.79 Å². The van der Waals surface area contributed by atoms with Crippen molar-refractivity contribution in [2.24, 2.45) is 0 Å². The Morgan fingerprint density at radius 2 is 2.36 bits per heavy atom. The van der Waals surface area contributed by atoms with E-state index in [0.717, 1.165) is 0 Å². The Hall–Kier alpha value is -0.320. The van der Waals surface area contributed by atoms with Crippen LogP contribution in [0.25, 0.3) is 0 Å². The molecule has 66 valence electrons. The van der Waals surface area contributed by atoms with Crippen LogP contribution >= 0.6 is 12.4 Å². The summed E-state index contributed by atoms with van der Waals surface area (Å²) in [5.74, 6) is -0.804. The SMILES string of the molecule is CN1CCOC[C@@H]1C(=O)O.Cl. The van der Waals surface area contributed by atoms with E-state index >= 15 is 0 Å². The molecular weight excluding hydrogens is 170 g/mol. The Balaban J connectivity index is 0.000001000. The second kappa shape index (κ2) is 4.54. The van der Waals surface area contributed by atoms with Gasteiger partial charge in [0, 0.05) is 6.54 Å². The highest BCUT2D eigenvalue weighted by Gasteiger charge is 2.25. The minimum absolute atomic E-state index is 0. The maximum absolute atomic E-state index is 10.4. The van der Waals surface area contributed by atoms with E-state index in [-0.39, 0.29) is 12.4 Å². The van der Waals surface area contributed by atoms with Crippen molar-refractivity contribution in [1.29, 1.82) is 0 Å². The first-order valence-electron chi connectivity index (χ1n) is 3.22. The molecule has 0 aromatic heterocycles. The van der Waals surface area contributed by atoms with E-state index in [2.05, 4.69) is 0 Å². The Bertz CT molecular complexity index is 142. The number of halogens is 1. The number of carbonyl (C=O) groups is 1. The summed E-state index contributed by atoms with van der Waals surface area (Å²) < 4.78 is 4.99. The normalized spacial score (nSPS) is 25.7. The number of aliphatic carboxylic acids is 1. The van der Waals surface area contributed by atoms with E-state index in [0.29, 0.717) is 19.8 Å². The van der Waals surface area contributed by atoms with E-state index in [4.69, 9.17) is 9.84 Å². The summed E-state index contributed by atoms with van der Waals surface area (Å²) in [5.41, 5.74) is 0. The molecule has 1 atom stereocenters. The van der Waals surface area contributed by atoms with Gasteiger partial charge in [0.2, 0.25) is 0 Å². The highest BCUT2D eigenvalue weighted by molar-refractivity contribution is 5.85. The van der Waals surface area contributed by atoms with Crippen molar-refractivity contribution in [2.45, 2.75) is 6.04 Å². The predicted molar refractivity (Wildman–Crippen MR) is 42.1 cm³/mol. The third-order valence-electron chi connectivity index (χ3n) is 1.68. The molecule has 0 amide bonds. The third-order valence-corrected chi connectivity index (χ3v) is 1.68. The van der Waals surface area contributed by atoms with Gasteiger partial charge < -0.3 is 9.84 Å². The Kier molecular flexibility index (Phi) is 4.40. The van der Waals surface area contributed by atoms with Crippen LogP contribution in [0, 0.1) is 0 Å². The number of carboxylic acids is 1. The van der Waals surface area contributed by atoms with E-state index < -0.39 is 12.0 Å². The van der Waals surface area contributed by atoms with Crippen LogP contribution in [0.3, 0.4) is 0 Å². The van der Waals surface area contributed by atoms with Crippen LogP contribution in [0.15, 0.2) is 0 Å². The lowest BCUT2D eigenvalue weighted by molar-refractivity contribution is -0.148. The van der Waals surface area contributed by atoms with Crippen LogP contribution in [0.1, 0.15) is 0 Å². The Morgan fingerprint density at radius 1 is 1.73 bits per heavy atom. The molecule has 1 fully saturated rings. The van der Waals surface area contributed by atoms with Gasteiger partial charge in [-0.15, -0.1) is 12.4 Å². The minimum Gasteiger partial charge on any atom is -0.480 e. The van der Waals surface area contributed by atoms with Crippen LogP contribution in [-0.4, -0.2) is 48.8 Å². The second-order valence-electron chi connectivity index (χ2n) is 2.41. The van der Waals surface area contributed by atoms with Gasteiger partial charge in [-0.3, -0.25) is 9.69 Å². The average Bonchev–Trinajstić information content (AvgIpc) is 1.88. The van der Waals surface area contributed by atoms with Gasteiger partial charge in [0.1, 0.15) is 6.04 Å². The number of hydrogen-bond donors (Lipinski definition) is 1. The molecule has 1 rings (SSSR count). The topological polar surface area (TPSA) is 49.8 Å². The molecule has 1 saturated heterocycles. The van der Waals surface area contributed by atoms with Gasteiger partial charge in [0.05, 0.1) is 13.2 Å². The van der Waals surface area contributed by atoms with Crippen molar-refractivity contribution in [3.63, 3.8) is 0 Å². The van der Waals surface area contributed by atoms with Gasteiger partial charge in [-0.25, -0.2) is 0 Å². The number of hydrogen-bond acceptors (Lipinski definition) is 3. The molecule has 1 N–H and O–H groups in total. The summed E-state index contributed by atoms with van der Waals surface area (Å²) >= 11 is 0. The summed E-state index contributed by atoms with van der Waals surface area (Å²) in [4.78, 5) is 12.2. The Labute approximate surface area is 71.5 Å². The Morgan fingerprint density at radius 3 is 2.73 bits per heavy atom. The van der Waals surface area contributed by atoms with Crippen molar-refractivity contribution in [1.82, 2.24) is 4.90 Å². The number of nitrogens with zero attached hydrogens (tertiary/aromatic N) is 1. The van der Waals surface area contributed by atoms with Crippen LogP contribution in [-0.2, 0) is 9.53 Å². The smallest absolute Gasteiger partial charge is 0.323 e. The minimum atomic E-state index is -0.804. The van der Waals surface area contributed by atoms with Crippen LogP contribution in [0.5, 0.6) is 0 Å². The first-order valence-corrected chi connectivity index (χ1v) is 3.22. The zero-order valence-electron chi connectivity index (χ0n) is 6.32. The molecule has 11 heavy (non-hydrogen) atoms. The second-order valence-corrected chi connectivity index (χ2v) is 2.41. The van der Waals surface area contributed by atoms with Gasteiger partial charge in [-0.2, -0.15) is 0 Å². The summed E-state index contributed by atoms with van der Waals surface area (Å²) in [7, 11) is 1.79. The van der Waals surface area contributed by atoms with Crippen LogP contribution < -0.4 is 0 Å². The number of rotatable bonds is 1. The monoisotopic (exact) mass is 181 g/mol. The molecule has 0 aromatic carbocycles. The standard InChI is InChI=1S/C6H11NO3.ClH/c1-7-2-3-10-4-5(7)6(8)9;/h5H,2-4H2,1H3,(H,8,9);1H/t5-;/m1./s1. The van der Waals surface area contributed by atoms with Crippen LogP contribution in [0.2, 0.25) is 0 Å². The number of carboxylic acid groups (broad SMARTS) is 1. The number of ether oxygens (including phenoxy) is 1. The first kappa shape index (κ1) is 10.7. The molecule has 0 bridgehead atoms. The van der Waals surface area contributed by atoms with Gasteiger partial charge >= 0.3 is 5.97 Å². The van der Waals surface area contributed by atoms with Crippen molar-refractivity contribution in [3.05, 3.63) is 0 Å². The fourth-order valence-electron chi connectivity index (χ4n) is 0.946. The molecule has 0 saturated carbocycles. The van der Waals surface area contributed by atoms with E-state index in [1.807, 2.05) is 0 Å². The van der Waals surface area contributed by atoms with Gasteiger partial charge in [0.25, 0.3) is 0 Å². The largest absolute Gasteiger partial charge is 0.480 e. The maximum atomic E-state index is 10.4. The zero-order valence-corrected chi connectivity index (χ0v) is 7.13. The van der Waals surface area contributed by atoms with E-state index in [1.165, 1.54) is 0 Å². The predicted octanol–water partition coefficient (Wildman–Crippen LogP) is -0.177. The molecule has 1 aliphatic heterocycles. The lowest BCUT2D eigenvalue weighted by Gasteiger charge is -2.28. The fourth-order valence-corrected chi connectivity index (χ4v) is 0.946. The fraction of sp³-hybridized carbons (Fsp3) is 0.833. The quantitative estimate of drug-likeness (QED) is 0.610. The maximum Gasteiger partial charge on any atom is 0.323 e. The van der Waals surface area contributed by atoms with Crippen molar-refractivity contribution >= 4 is 18.4 Å². The lowest BCUT2D eigenvalue weighted by Crippen LogP contribution is -2.47. The van der Waals surface area contributed by atoms with Crippen LogP contribution in [0.4, 0.5) is 0 Å². The summed E-state index contributed by atoms with van der Waals surface area (Å²) in [6.07, 6.45) is 0. The van der Waals surface area contributed by atoms with Crippen molar-refractivity contribution in [2.75, 3.05) is 26.8 Å². The molecule has 5 heteroatoms. The lowest BCUT2D eigenvalue weighted by atomic mass is 10.2. The van der Waals surface area contributed by atoms with Crippen molar-refractivity contribution < 1.29 is 14.6 Å². The molecule has 0 radical (unpaired) electrons. The first-order chi connectivity index (χ1) is 4.72. The highest BCUT2D eigenvalue weighted by Crippen LogP contribution is 2.02. The molecule has 0 unspecified atom stereocenters. The van der Waals surface area contributed by atoms with Crippen molar-refractivity contribution in [3.8, 4) is 0 Å². The number of morpholine rings is 1. The zero-order chi connectivity index (χ0) is 7.56. The molecule has 1 heterocycles. The molecule has 0 spiro atoms.